The Morgan fingerprint density at radius 3 is 3.13 bits per heavy atom. The Hall–Kier alpha value is -1.95. The second-order valence-electron chi connectivity index (χ2n) is 3.30. The van der Waals surface area contributed by atoms with E-state index in [1.807, 2.05) is 6.07 Å². The quantitative estimate of drug-likeness (QED) is 0.655. The van der Waals surface area contributed by atoms with Crippen molar-refractivity contribution in [1.82, 2.24) is 0 Å². The van der Waals surface area contributed by atoms with Gasteiger partial charge in [0.2, 0.25) is 0 Å². The van der Waals surface area contributed by atoms with E-state index in [2.05, 4.69) is 6.07 Å². The molecule has 1 aliphatic rings. The predicted octanol–water partition coefficient (Wildman–Crippen LogP) is 2.33. The lowest BCUT2D eigenvalue weighted by atomic mass is 9.99. The molecule has 0 N–H and O–H groups in total. The van der Waals surface area contributed by atoms with Gasteiger partial charge in [-0.3, -0.25) is 0 Å². The van der Waals surface area contributed by atoms with Crippen LogP contribution in [-0.2, 0) is 4.74 Å². The average molecular weight is 201 g/mol. The topological polar surface area (TPSA) is 42.2 Å². The van der Waals surface area contributed by atoms with Crippen molar-refractivity contribution in [3.05, 3.63) is 35.6 Å². The number of fused-ring (bicyclic) bond motifs is 1. The minimum atomic E-state index is 0.618. The molecule has 0 fully saturated rings. The van der Waals surface area contributed by atoms with Crippen LogP contribution in [0.2, 0.25) is 0 Å². The van der Waals surface area contributed by atoms with Crippen LogP contribution in [0.3, 0.4) is 0 Å². The van der Waals surface area contributed by atoms with Crippen molar-refractivity contribution in [1.29, 1.82) is 5.26 Å². The molecule has 0 atom stereocenters. The minimum Gasteiger partial charge on any atom is -0.504 e. The van der Waals surface area contributed by atoms with Gasteiger partial charge in [0.15, 0.2) is 0 Å². The highest BCUT2D eigenvalue weighted by molar-refractivity contribution is 5.72. The van der Waals surface area contributed by atoms with E-state index in [1.165, 1.54) is 0 Å². The Kier molecular flexibility index (Phi) is 2.59. The predicted molar refractivity (Wildman–Crippen MR) is 56.3 cm³/mol. The van der Waals surface area contributed by atoms with Crippen LogP contribution in [0.5, 0.6) is 5.75 Å². The summed E-state index contributed by atoms with van der Waals surface area (Å²) in [5, 5.41) is 8.76. The van der Waals surface area contributed by atoms with Crippen LogP contribution >= 0.6 is 0 Å². The third-order valence-corrected chi connectivity index (χ3v) is 2.35. The summed E-state index contributed by atoms with van der Waals surface area (Å²) < 4.78 is 10.5. The van der Waals surface area contributed by atoms with Crippen molar-refractivity contribution < 1.29 is 9.47 Å². The average Bonchev–Trinajstić information content (AvgIpc) is 2.29. The summed E-state index contributed by atoms with van der Waals surface area (Å²) in [5.74, 6) is 0.767. The van der Waals surface area contributed by atoms with Crippen LogP contribution in [0.25, 0.3) is 5.57 Å². The molecule has 1 aromatic carbocycles. The Morgan fingerprint density at radius 1 is 1.53 bits per heavy atom. The third kappa shape index (κ3) is 1.79. The van der Waals surface area contributed by atoms with Crippen molar-refractivity contribution in [3.63, 3.8) is 0 Å². The zero-order valence-corrected chi connectivity index (χ0v) is 8.49. The molecule has 0 saturated carbocycles. The maximum atomic E-state index is 8.76. The summed E-state index contributed by atoms with van der Waals surface area (Å²) >= 11 is 0. The lowest BCUT2D eigenvalue weighted by Gasteiger charge is -2.19. The van der Waals surface area contributed by atoms with Gasteiger partial charge >= 0.3 is 0 Å². The molecular formula is C12H11NO2. The van der Waals surface area contributed by atoms with E-state index in [4.69, 9.17) is 14.7 Å². The summed E-state index contributed by atoms with van der Waals surface area (Å²) in [6.07, 6.45) is 2.57. The molecule has 2 rings (SSSR count). The van der Waals surface area contributed by atoms with Crippen molar-refractivity contribution in [3.8, 4) is 11.8 Å². The van der Waals surface area contributed by atoms with E-state index in [0.29, 0.717) is 12.2 Å². The highest BCUT2D eigenvalue weighted by Gasteiger charge is 2.15. The van der Waals surface area contributed by atoms with Crippen molar-refractivity contribution in [2.24, 2.45) is 0 Å². The number of nitriles is 1. The van der Waals surface area contributed by atoms with Gasteiger partial charge in [0, 0.05) is 17.6 Å². The van der Waals surface area contributed by atoms with Crippen LogP contribution in [0.4, 0.5) is 0 Å². The van der Waals surface area contributed by atoms with Gasteiger partial charge in [-0.1, -0.05) is 0 Å². The second-order valence-corrected chi connectivity index (χ2v) is 3.30. The number of hydrogen-bond donors (Lipinski definition) is 0. The molecule has 0 aromatic heterocycles. The van der Waals surface area contributed by atoms with Crippen LogP contribution in [-0.4, -0.2) is 13.7 Å². The SMILES string of the molecule is COC=C1CCOc2cc(C#N)ccc21. The van der Waals surface area contributed by atoms with Gasteiger partial charge in [-0.05, 0) is 18.2 Å². The zero-order valence-electron chi connectivity index (χ0n) is 8.49. The van der Waals surface area contributed by atoms with Crippen molar-refractivity contribution in [2.45, 2.75) is 6.42 Å². The number of hydrogen-bond acceptors (Lipinski definition) is 3. The van der Waals surface area contributed by atoms with Crippen LogP contribution in [0.15, 0.2) is 24.5 Å². The van der Waals surface area contributed by atoms with Crippen molar-refractivity contribution in [2.75, 3.05) is 13.7 Å². The molecule has 0 bridgehead atoms. The van der Waals surface area contributed by atoms with Gasteiger partial charge < -0.3 is 9.47 Å². The van der Waals surface area contributed by atoms with Gasteiger partial charge in [-0.15, -0.1) is 0 Å². The first-order chi connectivity index (χ1) is 7.35. The molecule has 1 heterocycles. The Bertz CT molecular complexity index is 443. The van der Waals surface area contributed by atoms with Crippen LogP contribution in [0, 0.1) is 11.3 Å². The number of nitrogens with zero attached hydrogens (tertiary/aromatic N) is 1. The van der Waals surface area contributed by atoms with E-state index in [1.54, 1.807) is 25.5 Å². The number of rotatable bonds is 1. The van der Waals surface area contributed by atoms with E-state index in [9.17, 15) is 0 Å². The smallest absolute Gasteiger partial charge is 0.128 e. The van der Waals surface area contributed by atoms with E-state index < -0.39 is 0 Å². The molecule has 76 valence electrons. The molecule has 1 aromatic rings. The summed E-state index contributed by atoms with van der Waals surface area (Å²) in [4.78, 5) is 0. The molecule has 15 heavy (non-hydrogen) atoms. The molecule has 0 amide bonds. The van der Waals surface area contributed by atoms with Crippen LogP contribution in [0.1, 0.15) is 17.5 Å². The zero-order chi connectivity index (χ0) is 10.7. The Balaban J connectivity index is 2.46. The summed E-state index contributed by atoms with van der Waals surface area (Å²) in [6.45, 7) is 0.636. The summed E-state index contributed by atoms with van der Waals surface area (Å²) in [7, 11) is 1.63. The standard InChI is InChI=1S/C12H11NO2/c1-14-8-10-4-5-15-12-6-9(7-13)2-3-11(10)12/h2-3,6,8H,4-5H2,1H3. The largest absolute Gasteiger partial charge is 0.504 e. The summed E-state index contributed by atoms with van der Waals surface area (Å²) in [5.41, 5.74) is 2.75. The fourth-order valence-corrected chi connectivity index (χ4v) is 1.65. The van der Waals surface area contributed by atoms with E-state index >= 15 is 0 Å². The monoisotopic (exact) mass is 201 g/mol. The normalized spacial score (nSPS) is 16.4. The molecule has 0 radical (unpaired) electrons. The van der Waals surface area contributed by atoms with Gasteiger partial charge in [-0.25, -0.2) is 0 Å². The van der Waals surface area contributed by atoms with Gasteiger partial charge in [0.05, 0.1) is 31.6 Å². The molecule has 1 aliphatic heterocycles. The molecule has 0 unspecified atom stereocenters. The van der Waals surface area contributed by atoms with Gasteiger partial charge in [-0.2, -0.15) is 5.26 Å². The molecule has 0 saturated heterocycles. The first kappa shape index (κ1) is 9.60. The van der Waals surface area contributed by atoms with E-state index in [0.717, 1.165) is 23.3 Å². The van der Waals surface area contributed by atoms with Crippen molar-refractivity contribution >= 4 is 5.57 Å². The Labute approximate surface area is 88.5 Å². The molecule has 3 nitrogen and oxygen atoms in total. The molecule has 0 aliphatic carbocycles. The van der Waals surface area contributed by atoms with E-state index in [-0.39, 0.29) is 0 Å². The van der Waals surface area contributed by atoms with Gasteiger partial charge in [0.25, 0.3) is 0 Å². The molecule has 0 spiro atoms. The Morgan fingerprint density at radius 2 is 2.40 bits per heavy atom. The first-order valence-corrected chi connectivity index (χ1v) is 4.74. The maximum absolute atomic E-state index is 8.76. The maximum Gasteiger partial charge on any atom is 0.128 e. The third-order valence-electron chi connectivity index (χ3n) is 2.35. The summed E-state index contributed by atoms with van der Waals surface area (Å²) in [6, 6.07) is 7.54. The first-order valence-electron chi connectivity index (χ1n) is 4.74. The molecular weight excluding hydrogens is 190 g/mol. The number of benzene rings is 1. The highest BCUT2D eigenvalue weighted by Crippen LogP contribution is 2.33. The fourth-order valence-electron chi connectivity index (χ4n) is 1.65. The number of methoxy groups -OCH3 is 1. The highest BCUT2D eigenvalue weighted by atomic mass is 16.5. The lowest BCUT2D eigenvalue weighted by molar-refractivity contribution is 0.307. The fraction of sp³-hybridized carbons (Fsp3) is 0.250. The number of ether oxygens (including phenoxy) is 2. The minimum absolute atomic E-state index is 0.618. The molecule has 3 heteroatoms. The van der Waals surface area contributed by atoms with Crippen LogP contribution < -0.4 is 4.74 Å². The lowest BCUT2D eigenvalue weighted by Crippen LogP contribution is -2.08. The second kappa shape index (κ2) is 4.05. The van der Waals surface area contributed by atoms with Gasteiger partial charge in [0.1, 0.15) is 5.75 Å².